The zero-order valence-corrected chi connectivity index (χ0v) is 11.9. The Morgan fingerprint density at radius 1 is 1.55 bits per heavy atom. The van der Waals surface area contributed by atoms with Crippen LogP contribution in [0.25, 0.3) is 0 Å². The van der Waals surface area contributed by atoms with E-state index in [-0.39, 0.29) is 17.4 Å². The van der Waals surface area contributed by atoms with E-state index in [1.165, 1.54) is 0 Å². The van der Waals surface area contributed by atoms with Gasteiger partial charge in [-0.05, 0) is 26.7 Å². The van der Waals surface area contributed by atoms with Crippen LogP contribution >= 0.6 is 0 Å². The number of ether oxygens (including phenoxy) is 1. The molecule has 2 atom stereocenters. The first-order valence-corrected chi connectivity index (χ1v) is 6.59. The van der Waals surface area contributed by atoms with Crippen molar-refractivity contribution < 1.29 is 14.6 Å². The van der Waals surface area contributed by atoms with E-state index >= 15 is 0 Å². The van der Waals surface area contributed by atoms with Crippen LogP contribution in [0.15, 0.2) is 12.3 Å². The number of nitrogens with zero attached hydrogens (tertiary/aromatic N) is 2. The number of nitrogen functional groups attached to an aromatic ring is 1. The summed E-state index contributed by atoms with van der Waals surface area (Å²) in [6, 6.07) is 0. The van der Waals surface area contributed by atoms with E-state index in [0.717, 1.165) is 12.8 Å². The summed E-state index contributed by atoms with van der Waals surface area (Å²) in [5, 5.41) is 9.02. The molecule has 1 aromatic heterocycles. The Hall–Kier alpha value is -2.11. The molecule has 6 heteroatoms. The van der Waals surface area contributed by atoms with Crippen molar-refractivity contribution in [1.82, 2.24) is 9.97 Å². The first-order chi connectivity index (χ1) is 9.42. The molecule has 0 aromatic carbocycles. The number of carbonyl (C=O) groups is 1. The first kappa shape index (κ1) is 14.3. The van der Waals surface area contributed by atoms with Gasteiger partial charge in [-0.2, -0.15) is 0 Å². The average molecular weight is 277 g/mol. The summed E-state index contributed by atoms with van der Waals surface area (Å²) in [7, 11) is 0. The summed E-state index contributed by atoms with van der Waals surface area (Å²) >= 11 is 0. The smallest absolute Gasteiger partial charge is 0.358 e. The molecular formula is C14H19N3O3. The monoisotopic (exact) mass is 277 g/mol. The molecule has 0 spiro atoms. The molecule has 1 heterocycles. The molecule has 20 heavy (non-hydrogen) atoms. The minimum atomic E-state index is -1.17. The van der Waals surface area contributed by atoms with Gasteiger partial charge in [0, 0.05) is 5.92 Å². The lowest BCUT2D eigenvalue weighted by Gasteiger charge is -2.46. The highest BCUT2D eigenvalue weighted by Gasteiger charge is 2.50. The molecule has 1 saturated carbocycles. The molecule has 3 N–H and O–H groups in total. The molecule has 2 unspecified atom stereocenters. The van der Waals surface area contributed by atoms with E-state index in [9.17, 15) is 4.79 Å². The molecule has 1 aliphatic carbocycles. The summed E-state index contributed by atoms with van der Waals surface area (Å²) in [6.45, 7) is 5.69. The Bertz CT molecular complexity index is 571. The lowest BCUT2D eigenvalue weighted by molar-refractivity contribution is -0.107. The number of allylic oxidation sites excluding steroid dienone is 1. The van der Waals surface area contributed by atoms with Crippen LogP contribution < -0.4 is 5.73 Å². The van der Waals surface area contributed by atoms with Crippen molar-refractivity contribution in [2.75, 3.05) is 5.73 Å². The van der Waals surface area contributed by atoms with Gasteiger partial charge in [-0.25, -0.2) is 14.8 Å². The maximum absolute atomic E-state index is 11.0. The highest BCUT2D eigenvalue weighted by Crippen LogP contribution is 2.50. The second kappa shape index (κ2) is 5.11. The number of anilines is 1. The number of nitrogens with two attached hydrogens (primary N) is 1. The highest BCUT2D eigenvalue weighted by molar-refractivity contribution is 5.90. The molecule has 108 valence electrons. The van der Waals surface area contributed by atoms with Gasteiger partial charge >= 0.3 is 5.97 Å². The number of aromatic carboxylic acids is 1. The zero-order valence-electron chi connectivity index (χ0n) is 11.9. The van der Waals surface area contributed by atoms with E-state index in [2.05, 4.69) is 16.9 Å². The van der Waals surface area contributed by atoms with Gasteiger partial charge in [0.25, 0.3) is 0 Å². The summed E-state index contributed by atoms with van der Waals surface area (Å²) in [4.78, 5) is 19.4. The fourth-order valence-electron chi connectivity index (χ4n) is 2.56. The highest BCUT2D eigenvalue weighted by atomic mass is 16.5. The maximum atomic E-state index is 11.0. The molecule has 1 aliphatic rings. The van der Waals surface area contributed by atoms with E-state index < -0.39 is 11.6 Å². The van der Waals surface area contributed by atoms with Crippen LogP contribution in [0.3, 0.4) is 0 Å². The Morgan fingerprint density at radius 2 is 2.25 bits per heavy atom. The number of rotatable bonds is 4. The molecule has 1 aromatic rings. The van der Waals surface area contributed by atoms with Crippen LogP contribution in [-0.4, -0.2) is 21.0 Å². The fraction of sp³-hybridized carbons (Fsp3) is 0.500. The van der Waals surface area contributed by atoms with Crippen LogP contribution in [0.4, 0.5) is 5.82 Å². The summed E-state index contributed by atoms with van der Waals surface area (Å²) in [5.74, 6) is -0.961. The first-order valence-electron chi connectivity index (χ1n) is 6.59. The minimum absolute atomic E-state index is 0.0688. The van der Waals surface area contributed by atoms with Gasteiger partial charge < -0.3 is 15.6 Å². The number of aryl methyl sites for hydroxylation is 1. The topological polar surface area (TPSA) is 98.3 Å². The van der Waals surface area contributed by atoms with Crippen LogP contribution in [-0.2, 0) is 10.3 Å². The van der Waals surface area contributed by atoms with Crippen molar-refractivity contribution in [2.24, 2.45) is 5.92 Å². The number of carboxylic acids is 1. The van der Waals surface area contributed by atoms with Crippen molar-refractivity contribution in [3.05, 3.63) is 29.4 Å². The third kappa shape index (κ3) is 2.11. The molecule has 0 aliphatic heterocycles. The Morgan fingerprint density at radius 3 is 2.70 bits per heavy atom. The van der Waals surface area contributed by atoms with E-state index in [4.69, 9.17) is 15.6 Å². The van der Waals surface area contributed by atoms with Gasteiger partial charge in [-0.15, -0.1) is 0 Å². The van der Waals surface area contributed by atoms with Gasteiger partial charge in [0.2, 0.25) is 0 Å². The van der Waals surface area contributed by atoms with Crippen LogP contribution in [0, 0.1) is 12.8 Å². The minimum Gasteiger partial charge on any atom is -0.489 e. The van der Waals surface area contributed by atoms with Gasteiger partial charge in [0.15, 0.2) is 17.1 Å². The molecule has 0 amide bonds. The van der Waals surface area contributed by atoms with Crippen molar-refractivity contribution in [3.63, 3.8) is 0 Å². The van der Waals surface area contributed by atoms with Crippen molar-refractivity contribution in [1.29, 1.82) is 0 Å². The largest absolute Gasteiger partial charge is 0.489 e. The maximum Gasteiger partial charge on any atom is 0.358 e. The van der Waals surface area contributed by atoms with Crippen LogP contribution in [0.2, 0.25) is 0 Å². The van der Waals surface area contributed by atoms with Gasteiger partial charge in [0.1, 0.15) is 5.69 Å². The molecule has 0 saturated heterocycles. The van der Waals surface area contributed by atoms with Crippen molar-refractivity contribution in [3.8, 4) is 0 Å². The molecule has 6 nitrogen and oxygen atoms in total. The van der Waals surface area contributed by atoms with Gasteiger partial charge in [-0.3, -0.25) is 0 Å². The summed E-state index contributed by atoms with van der Waals surface area (Å²) < 4.78 is 5.86. The third-order valence-corrected chi connectivity index (χ3v) is 3.86. The SMILES string of the molecule is C/C=C\OC1(c2nc(N)c(C(=O)O)nc2C)CCC1C. The van der Waals surface area contributed by atoms with Crippen LogP contribution in [0.1, 0.15) is 48.6 Å². The Balaban J connectivity index is 2.50. The normalized spacial score (nSPS) is 25.4. The number of aromatic nitrogens is 2. The Labute approximate surface area is 117 Å². The standard InChI is InChI=1S/C14H19N3O3/c1-4-7-20-14(6-5-8(14)2)11-9(3)16-10(13(18)19)12(15)17-11/h4,7-8H,5-6H2,1-3H3,(H2,15,17)(H,18,19)/b7-4-. The second-order valence-corrected chi connectivity index (χ2v) is 5.11. The van der Waals surface area contributed by atoms with Crippen LogP contribution in [0.5, 0.6) is 0 Å². The quantitative estimate of drug-likeness (QED) is 0.819. The number of hydrogen-bond donors (Lipinski definition) is 2. The fourth-order valence-corrected chi connectivity index (χ4v) is 2.56. The Kier molecular flexibility index (Phi) is 3.65. The molecular weight excluding hydrogens is 258 g/mol. The van der Waals surface area contributed by atoms with Gasteiger partial charge in [0.05, 0.1) is 12.0 Å². The third-order valence-electron chi connectivity index (χ3n) is 3.86. The van der Waals surface area contributed by atoms with E-state index in [0.29, 0.717) is 11.4 Å². The predicted octanol–water partition coefficient (Wildman–Crippen LogP) is 2.24. The summed E-state index contributed by atoms with van der Waals surface area (Å²) in [5.41, 5.74) is 6.14. The van der Waals surface area contributed by atoms with Crippen molar-refractivity contribution in [2.45, 2.75) is 39.2 Å². The molecule has 2 rings (SSSR count). The average Bonchev–Trinajstić information content (AvgIpc) is 2.40. The number of hydrogen-bond acceptors (Lipinski definition) is 5. The molecule has 0 bridgehead atoms. The summed E-state index contributed by atoms with van der Waals surface area (Å²) in [6.07, 6.45) is 5.29. The van der Waals surface area contributed by atoms with E-state index in [1.807, 2.05) is 13.0 Å². The van der Waals surface area contributed by atoms with Crippen molar-refractivity contribution >= 4 is 11.8 Å². The lowest BCUT2D eigenvalue weighted by Crippen LogP contribution is -2.45. The molecule has 1 fully saturated rings. The van der Waals surface area contributed by atoms with E-state index in [1.54, 1.807) is 13.2 Å². The predicted molar refractivity (Wildman–Crippen MR) is 74.1 cm³/mol. The zero-order chi connectivity index (χ0) is 14.9. The second-order valence-electron chi connectivity index (χ2n) is 5.11. The van der Waals surface area contributed by atoms with Gasteiger partial charge in [-0.1, -0.05) is 13.0 Å². The lowest BCUT2D eigenvalue weighted by atomic mass is 9.67. The molecule has 0 radical (unpaired) electrons. The number of carboxylic acid groups (broad SMARTS) is 1.